The first-order valence-electron chi connectivity index (χ1n) is 5.40. The highest BCUT2D eigenvalue weighted by molar-refractivity contribution is 5.49. The van der Waals surface area contributed by atoms with Crippen molar-refractivity contribution >= 4 is 6.29 Å². The number of unbranched alkanes of at least 4 members (excludes halogenated alkanes) is 1. The number of hydrogen-bond donors (Lipinski definition) is 0. The minimum atomic E-state index is 0.734. The first-order chi connectivity index (χ1) is 6.92. The van der Waals surface area contributed by atoms with E-state index in [2.05, 4.69) is 30.3 Å². The molecular weight excluding hydrogens is 172 g/mol. The van der Waals surface area contributed by atoms with E-state index in [4.69, 9.17) is 0 Å². The maximum absolute atomic E-state index is 10.2. The highest BCUT2D eigenvalue weighted by Crippen LogP contribution is 2.50. The molecule has 0 bridgehead atoms. The number of carbonyl (C=O) groups is 1. The Kier molecular flexibility index (Phi) is 2.97. The molecule has 0 radical (unpaired) electrons. The standard InChI is InChI=1S/C13H16O/c14-9-5-4-8-12-10-13(12)11-6-2-1-3-7-11/h1-3,6-7,9,12-13H,4-5,8,10H2/t12-,13+/m1/s1. The minimum Gasteiger partial charge on any atom is -0.303 e. The van der Waals surface area contributed by atoms with Crippen LogP contribution in [0.15, 0.2) is 30.3 Å². The monoisotopic (exact) mass is 188 g/mol. The molecule has 0 spiro atoms. The third-order valence-corrected chi connectivity index (χ3v) is 3.05. The SMILES string of the molecule is O=CCCC[C@@H]1C[C@H]1c1ccccc1. The Balaban J connectivity index is 1.79. The first kappa shape index (κ1) is 9.45. The molecule has 0 aromatic heterocycles. The minimum absolute atomic E-state index is 0.734. The molecule has 1 fully saturated rings. The van der Waals surface area contributed by atoms with Crippen LogP contribution in [0.4, 0.5) is 0 Å². The highest BCUT2D eigenvalue weighted by atomic mass is 16.1. The molecule has 1 aliphatic rings. The lowest BCUT2D eigenvalue weighted by atomic mass is 10.1. The van der Waals surface area contributed by atoms with Crippen LogP contribution in [0.2, 0.25) is 0 Å². The number of aldehydes is 1. The third-order valence-electron chi connectivity index (χ3n) is 3.05. The summed E-state index contributed by atoms with van der Waals surface area (Å²) in [6.45, 7) is 0. The Morgan fingerprint density at radius 2 is 2.07 bits per heavy atom. The third kappa shape index (κ3) is 2.22. The van der Waals surface area contributed by atoms with Gasteiger partial charge in [-0.1, -0.05) is 30.3 Å². The second-order valence-electron chi connectivity index (χ2n) is 4.11. The van der Waals surface area contributed by atoms with Crippen molar-refractivity contribution < 1.29 is 4.79 Å². The van der Waals surface area contributed by atoms with Gasteiger partial charge in [0.25, 0.3) is 0 Å². The van der Waals surface area contributed by atoms with Crippen molar-refractivity contribution in [1.29, 1.82) is 0 Å². The van der Waals surface area contributed by atoms with Crippen LogP contribution in [0, 0.1) is 5.92 Å². The highest BCUT2D eigenvalue weighted by Gasteiger charge is 2.36. The molecule has 1 aromatic carbocycles. The van der Waals surface area contributed by atoms with Gasteiger partial charge in [0.1, 0.15) is 6.29 Å². The maximum Gasteiger partial charge on any atom is 0.119 e. The Morgan fingerprint density at radius 1 is 1.29 bits per heavy atom. The molecule has 1 aliphatic carbocycles. The molecule has 74 valence electrons. The Bertz CT molecular complexity index is 291. The molecule has 0 amide bonds. The summed E-state index contributed by atoms with van der Waals surface area (Å²) >= 11 is 0. The van der Waals surface area contributed by atoms with Crippen LogP contribution >= 0.6 is 0 Å². The molecule has 0 saturated heterocycles. The van der Waals surface area contributed by atoms with Gasteiger partial charge < -0.3 is 4.79 Å². The summed E-state index contributed by atoms with van der Waals surface area (Å²) in [6.07, 6.45) is 5.37. The lowest BCUT2D eigenvalue weighted by Gasteiger charge is -1.98. The zero-order valence-corrected chi connectivity index (χ0v) is 8.36. The molecule has 0 aliphatic heterocycles. The molecule has 0 heterocycles. The van der Waals surface area contributed by atoms with Gasteiger partial charge in [0.2, 0.25) is 0 Å². The van der Waals surface area contributed by atoms with Crippen LogP contribution < -0.4 is 0 Å². The van der Waals surface area contributed by atoms with E-state index in [0.29, 0.717) is 0 Å². The predicted octanol–water partition coefficient (Wildman–Crippen LogP) is 3.16. The summed E-state index contributed by atoms with van der Waals surface area (Å²) in [5.74, 6) is 1.63. The van der Waals surface area contributed by atoms with Crippen molar-refractivity contribution in [2.75, 3.05) is 0 Å². The average Bonchev–Trinajstić information content (AvgIpc) is 2.99. The van der Waals surface area contributed by atoms with Crippen molar-refractivity contribution in [2.45, 2.75) is 31.6 Å². The van der Waals surface area contributed by atoms with E-state index in [1.807, 2.05) is 0 Å². The molecule has 0 N–H and O–H groups in total. The zero-order valence-electron chi connectivity index (χ0n) is 8.36. The van der Waals surface area contributed by atoms with Gasteiger partial charge in [-0.3, -0.25) is 0 Å². The van der Waals surface area contributed by atoms with Crippen LogP contribution in [0.1, 0.15) is 37.2 Å². The molecule has 2 rings (SSSR count). The van der Waals surface area contributed by atoms with E-state index < -0.39 is 0 Å². The van der Waals surface area contributed by atoms with E-state index in [0.717, 1.165) is 31.0 Å². The van der Waals surface area contributed by atoms with E-state index in [1.165, 1.54) is 18.4 Å². The molecule has 1 heteroatoms. The van der Waals surface area contributed by atoms with Gasteiger partial charge in [-0.15, -0.1) is 0 Å². The fraction of sp³-hybridized carbons (Fsp3) is 0.462. The van der Waals surface area contributed by atoms with Crippen LogP contribution in [-0.4, -0.2) is 6.29 Å². The maximum atomic E-state index is 10.2. The van der Waals surface area contributed by atoms with Crippen LogP contribution in [-0.2, 0) is 4.79 Å². The van der Waals surface area contributed by atoms with Crippen molar-refractivity contribution in [1.82, 2.24) is 0 Å². The molecule has 14 heavy (non-hydrogen) atoms. The largest absolute Gasteiger partial charge is 0.303 e. The summed E-state index contributed by atoms with van der Waals surface area (Å²) in [7, 11) is 0. The van der Waals surface area contributed by atoms with Gasteiger partial charge >= 0.3 is 0 Å². The summed E-state index contributed by atoms with van der Waals surface area (Å²) in [5, 5.41) is 0. The van der Waals surface area contributed by atoms with E-state index >= 15 is 0 Å². The molecular formula is C13H16O. The zero-order chi connectivity index (χ0) is 9.80. The Labute approximate surface area is 85.1 Å². The number of benzene rings is 1. The van der Waals surface area contributed by atoms with E-state index in [9.17, 15) is 4.79 Å². The van der Waals surface area contributed by atoms with Crippen molar-refractivity contribution in [3.05, 3.63) is 35.9 Å². The molecule has 1 saturated carbocycles. The topological polar surface area (TPSA) is 17.1 Å². The summed E-state index contributed by atoms with van der Waals surface area (Å²) in [4.78, 5) is 10.2. The van der Waals surface area contributed by atoms with Gasteiger partial charge in [0, 0.05) is 6.42 Å². The molecule has 1 nitrogen and oxygen atoms in total. The fourth-order valence-corrected chi connectivity index (χ4v) is 2.14. The second kappa shape index (κ2) is 4.41. The quantitative estimate of drug-likeness (QED) is 0.512. The Hall–Kier alpha value is -1.11. The van der Waals surface area contributed by atoms with Gasteiger partial charge in [0.05, 0.1) is 0 Å². The van der Waals surface area contributed by atoms with Gasteiger partial charge in [0.15, 0.2) is 0 Å². The van der Waals surface area contributed by atoms with Gasteiger partial charge in [-0.05, 0) is 36.7 Å². The second-order valence-corrected chi connectivity index (χ2v) is 4.11. The number of hydrogen-bond acceptors (Lipinski definition) is 1. The molecule has 1 aromatic rings. The van der Waals surface area contributed by atoms with Crippen molar-refractivity contribution in [3.8, 4) is 0 Å². The smallest absolute Gasteiger partial charge is 0.119 e. The van der Waals surface area contributed by atoms with Gasteiger partial charge in [-0.2, -0.15) is 0 Å². The number of rotatable bonds is 5. The summed E-state index contributed by atoms with van der Waals surface area (Å²) < 4.78 is 0. The van der Waals surface area contributed by atoms with Crippen LogP contribution in [0.3, 0.4) is 0 Å². The summed E-state index contributed by atoms with van der Waals surface area (Å²) in [6, 6.07) is 10.7. The predicted molar refractivity (Wildman–Crippen MR) is 57.2 cm³/mol. The van der Waals surface area contributed by atoms with Crippen molar-refractivity contribution in [3.63, 3.8) is 0 Å². The van der Waals surface area contributed by atoms with Crippen LogP contribution in [0.5, 0.6) is 0 Å². The fourth-order valence-electron chi connectivity index (χ4n) is 2.14. The lowest BCUT2D eigenvalue weighted by Crippen LogP contribution is -1.84. The lowest BCUT2D eigenvalue weighted by molar-refractivity contribution is -0.107. The molecule has 0 unspecified atom stereocenters. The van der Waals surface area contributed by atoms with Crippen molar-refractivity contribution in [2.24, 2.45) is 5.92 Å². The average molecular weight is 188 g/mol. The first-order valence-corrected chi connectivity index (χ1v) is 5.40. The van der Waals surface area contributed by atoms with E-state index in [1.54, 1.807) is 0 Å². The van der Waals surface area contributed by atoms with Gasteiger partial charge in [-0.25, -0.2) is 0 Å². The summed E-state index contributed by atoms with van der Waals surface area (Å²) in [5.41, 5.74) is 1.48. The van der Waals surface area contributed by atoms with Crippen LogP contribution in [0.25, 0.3) is 0 Å². The number of carbonyl (C=O) groups excluding carboxylic acids is 1. The Morgan fingerprint density at radius 3 is 2.79 bits per heavy atom. The molecule has 2 atom stereocenters. The van der Waals surface area contributed by atoms with E-state index in [-0.39, 0.29) is 0 Å². The normalized spacial score (nSPS) is 24.6.